The van der Waals surface area contributed by atoms with E-state index in [9.17, 15) is 0 Å². The largest absolute Gasteiger partial charge is 0.356 e. The standard InChI is InChI=1S/C15H32N2O2/c1-4-6-13-7-5-9-17(10-8-13)14(12-16)11-15(18-2)19-3/h13-15H,4-12,16H2,1-3H3. The van der Waals surface area contributed by atoms with Crippen LogP contribution < -0.4 is 5.73 Å². The van der Waals surface area contributed by atoms with Crippen LogP contribution in [0.25, 0.3) is 0 Å². The maximum Gasteiger partial charge on any atom is 0.158 e. The highest BCUT2D eigenvalue weighted by atomic mass is 16.7. The maximum atomic E-state index is 5.95. The van der Waals surface area contributed by atoms with Crippen LogP contribution in [-0.2, 0) is 9.47 Å². The van der Waals surface area contributed by atoms with Gasteiger partial charge in [-0.15, -0.1) is 0 Å². The van der Waals surface area contributed by atoms with Crippen LogP contribution in [0.1, 0.15) is 45.4 Å². The third kappa shape index (κ3) is 5.78. The molecule has 114 valence electrons. The van der Waals surface area contributed by atoms with Crippen molar-refractivity contribution in [3.05, 3.63) is 0 Å². The van der Waals surface area contributed by atoms with Crippen LogP contribution >= 0.6 is 0 Å². The molecular formula is C15H32N2O2. The van der Waals surface area contributed by atoms with Gasteiger partial charge < -0.3 is 15.2 Å². The highest BCUT2D eigenvalue weighted by Crippen LogP contribution is 2.23. The minimum atomic E-state index is -0.136. The van der Waals surface area contributed by atoms with Crippen molar-refractivity contribution in [1.82, 2.24) is 4.90 Å². The van der Waals surface area contributed by atoms with Gasteiger partial charge in [0, 0.05) is 33.2 Å². The van der Waals surface area contributed by atoms with Crippen molar-refractivity contribution in [2.75, 3.05) is 33.9 Å². The predicted molar refractivity (Wildman–Crippen MR) is 79.1 cm³/mol. The van der Waals surface area contributed by atoms with E-state index < -0.39 is 0 Å². The molecule has 19 heavy (non-hydrogen) atoms. The molecular weight excluding hydrogens is 240 g/mol. The van der Waals surface area contributed by atoms with E-state index in [1.54, 1.807) is 14.2 Å². The molecule has 0 aromatic heterocycles. The average Bonchev–Trinajstić information content (AvgIpc) is 2.67. The lowest BCUT2D eigenvalue weighted by Gasteiger charge is -2.31. The lowest BCUT2D eigenvalue weighted by Crippen LogP contribution is -2.43. The molecule has 4 heteroatoms. The van der Waals surface area contributed by atoms with Gasteiger partial charge in [-0.2, -0.15) is 0 Å². The minimum absolute atomic E-state index is 0.136. The second-order valence-electron chi connectivity index (χ2n) is 5.65. The molecule has 0 aliphatic carbocycles. The van der Waals surface area contributed by atoms with Crippen molar-refractivity contribution in [3.8, 4) is 0 Å². The molecule has 1 saturated heterocycles. The highest BCUT2D eigenvalue weighted by Gasteiger charge is 2.24. The van der Waals surface area contributed by atoms with Crippen LogP contribution in [0.2, 0.25) is 0 Å². The minimum Gasteiger partial charge on any atom is -0.356 e. The van der Waals surface area contributed by atoms with E-state index in [-0.39, 0.29) is 6.29 Å². The summed E-state index contributed by atoms with van der Waals surface area (Å²) in [6, 6.07) is 0.380. The molecule has 0 radical (unpaired) electrons. The smallest absolute Gasteiger partial charge is 0.158 e. The lowest BCUT2D eigenvalue weighted by atomic mass is 9.96. The van der Waals surface area contributed by atoms with Gasteiger partial charge in [0.2, 0.25) is 0 Å². The molecule has 2 atom stereocenters. The molecule has 1 heterocycles. The van der Waals surface area contributed by atoms with Gasteiger partial charge in [-0.1, -0.05) is 19.8 Å². The number of rotatable bonds is 8. The molecule has 1 rings (SSSR count). The first-order chi connectivity index (χ1) is 9.24. The molecule has 0 spiro atoms. The molecule has 2 unspecified atom stereocenters. The summed E-state index contributed by atoms with van der Waals surface area (Å²) in [7, 11) is 3.39. The van der Waals surface area contributed by atoms with Crippen LogP contribution in [0.4, 0.5) is 0 Å². The molecule has 4 nitrogen and oxygen atoms in total. The van der Waals surface area contributed by atoms with Crippen molar-refractivity contribution in [1.29, 1.82) is 0 Å². The summed E-state index contributed by atoms with van der Waals surface area (Å²) in [5.41, 5.74) is 5.95. The number of nitrogens with two attached hydrogens (primary N) is 1. The molecule has 0 amide bonds. The summed E-state index contributed by atoms with van der Waals surface area (Å²) in [5.74, 6) is 0.911. The monoisotopic (exact) mass is 272 g/mol. The first-order valence-corrected chi connectivity index (χ1v) is 7.74. The van der Waals surface area contributed by atoms with E-state index >= 15 is 0 Å². The average molecular weight is 272 g/mol. The van der Waals surface area contributed by atoms with Crippen molar-refractivity contribution >= 4 is 0 Å². The summed E-state index contributed by atoms with van der Waals surface area (Å²) in [6.07, 6.45) is 7.39. The molecule has 1 aliphatic rings. The SMILES string of the molecule is CCCC1CCCN(C(CN)CC(OC)OC)CC1. The Morgan fingerprint density at radius 3 is 2.53 bits per heavy atom. The molecule has 1 aliphatic heterocycles. The Morgan fingerprint density at radius 1 is 1.21 bits per heavy atom. The Kier molecular flexibility index (Phi) is 8.62. The first-order valence-electron chi connectivity index (χ1n) is 7.74. The summed E-state index contributed by atoms with van der Waals surface area (Å²) in [4.78, 5) is 2.54. The Hall–Kier alpha value is -0.160. The van der Waals surface area contributed by atoms with Crippen LogP contribution in [0, 0.1) is 5.92 Å². The third-order valence-corrected chi connectivity index (χ3v) is 4.36. The van der Waals surface area contributed by atoms with Crippen LogP contribution in [0.3, 0.4) is 0 Å². The Labute approximate surface area is 118 Å². The Bertz CT molecular complexity index is 222. The van der Waals surface area contributed by atoms with Crippen molar-refractivity contribution in [3.63, 3.8) is 0 Å². The number of hydrogen-bond donors (Lipinski definition) is 1. The van der Waals surface area contributed by atoms with Gasteiger partial charge in [-0.05, 0) is 38.3 Å². The van der Waals surface area contributed by atoms with E-state index in [0.717, 1.165) is 12.3 Å². The van der Waals surface area contributed by atoms with Gasteiger partial charge >= 0.3 is 0 Å². The fraction of sp³-hybridized carbons (Fsp3) is 1.00. The Morgan fingerprint density at radius 2 is 1.95 bits per heavy atom. The van der Waals surface area contributed by atoms with Crippen molar-refractivity contribution < 1.29 is 9.47 Å². The maximum absolute atomic E-state index is 5.95. The first kappa shape index (κ1) is 16.9. The fourth-order valence-electron chi connectivity index (χ4n) is 3.15. The van der Waals surface area contributed by atoms with Crippen LogP contribution in [0.15, 0.2) is 0 Å². The lowest BCUT2D eigenvalue weighted by molar-refractivity contribution is -0.116. The molecule has 1 fully saturated rings. The number of nitrogens with zero attached hydrogens (tertiary/aromatic N) is 1. The summed E-state index contributed by atoms with van der Waals surface area (Å²) < 4.78 is 10.6. The van der Waals surface area contributed by atoms with E-state index in [1.165, 1.54) is 45.2 Å². The molecule has 0 aromatic carbocycles. The molecule has 0 aromatic rings. The van der Waals surface area contributed by atoms with Gasteiger partial charge in [0.15, 0.2) is 6.29 Å². The zero-order valence-electron chi connectivity index (χ0n) is 12.9. The highest BCUT2D eigenvalue weighted by molar-refractivity contribution is 4.78. The second-order valence-corrected chi connectivity index (χ2v) is 5.65. The van der Waals surface area contributed by atoms with Gasteiger partial charge in [0.05, 0.1) is 0 Å². The third-order valence-electron chi connectivity index (χ3n) is 4.36. The predicted octanol–water partition coefficient (Wildman–Crippen LogP) is 2.22. The Balaban J connectivity index is 2.46. The van der Waals surface area contributed by atoms with Crippen molar-refractivity contribution in [2.24, 2.45) is 11.7 Å². The van der Waals surface area contributed by atoms with E-state index in [4.69, 9.17) is 15.2 Å². The van der Waals surface area contributed by atoms with E-state index in [1.807, 2.05) is 0 Å². The zero-order valence-corrected chi connectivity index (χ0v) is 12.9. The summed E-state index contributed by atoms with van der Waals surface area (Å²) in [5, 5.41) is 0. The number of likely N-dealkylation sites (tertiary alicyclic amines) is 1. The number of ether oxygens (including phenoxy) is 2. The normalized spacial score (nSPS) is 23.5. The summed E-state index contributed by atoms with van der Waals surface area (Å²) in [6.45, 7) is 5.31. The number of methoxy groups -OCH3 is 2. The van der Waals surface area contributed by atoms with Crippen molar-refractivity contribution in [2.45, 2.75) is 57.8 Å². The van der Waals surface area contributed by atoms with Gasteiger partial charge in [-0.25, -0.2) is 0 Å². The van der Waals surface area contributed by atoms with E-state index in [2.05, 4.69) is 11.8 Å². The zero-order chi connectivity index (χ0) is 14.1. The quantitative estimate of drug-likeness (QED) is 0.688. The molecule has 0 saturated carbocycles. The number of hydrogen-bond acceptors (Lipinski definition) is 4. The summed E-state index contributed by atoms with van der Waals surface area (Å²) >= 11 is 0. The second kappa shape index (κ2) is 9.70. The van der Waals surface area contributed by atoms with Gasteiger partial charge in [-0.3, -0.25) is 4.90 Å². The molecule has 2 N–H and O–H groups in total. The van der Waals surface area contributed by atoms with Crippen LogP contribution in [0.5, 0.6) is 0 Å². The molecule has 0 bridgehead atoms. The van der Waals surface area contributed by atoms with Gasteiger partial charge in [0.25, 0.3) is 0 Å². The van der Waals surface area contributed by atoms with E-state index in [0.29, 0.717) is 12.6 Å². The van der Waals surface area contributed by atoms with Crippen LogP contribution in [-0.4, -0.2) is 51.1 Å². The topological polar surface area (TPSA) is 47.7 Å². The fourth-order valence-corrected chi connectivity index (χ4v) is 3.15. The van der Waals surface area contributed by atoms with Gasteiger partial charge in [0.1, 0.15) is 0 Å².